The van der Waals surface area contributed by atoms with Crippen molar-refractivity contribution in [3.63, 3.8) is 0 Å². The summed E-state index contributed by atoms with van der Waals surface area (Å²) >= 11 is 0. The van der Waals surface area contributed by atoms with Crippen LogP contribution in [0.4, 0.5) is 5.69 Å². The zero-order chi connectivity index (χ0) is 19.7. The first-order valence-corrected chi connectivity index (χ1v) is 8.49. The molecule has 8 heteroatoms. The highest BCUT2D eigenvalue weighted by Crippen LogP contribution is 2.16. The topological polar surface area (TPSA) is 99.0 Å². The zero-order valence-electron chi connectivity index (χ0n) is 15.6. The minimum Gasteiger partial charge on any atom is -0.469 e. The number of amides is 1. The van der Waals surface area contributed by atoms with E-state index in [9.17, 15) is 19.7 Å². The monoisotopic (exact) mass is 366 g/mol. The molecule has 1 rings (SSSR count). The molecular weight excluding hydrogens is 340 g/mol. The minimum atomic E-state index is -0.547. The fourth-order valence-electron chi connectivity index (χ4n) is 2.39. The molecule has 0 heterocycles. The van der Waals surface area contributed by atoms with Gasteiger partial charge in [0.25, 0.3) is 11.6 Å². The van der Waals surface area contributed by atoms with Gasteiger partial charge in [0.05, 0.1) is 24.1 Å². The lowest BCUT2D eigenvalue weighted by atomic mass is 10.1. The first-order chi connectivity index (χ1) is 12.3. The van der Waals surface area contributed by atoms with E-state index in [0.717, 1.165) is 0 Å². The van der Waals surface area contributed by atoms with E-state index >= 15 is 0 Å². The molecule has 0 aliphatic heterocycles. The van der Waals surface area contributed by atoms with Crippen LogP contribution in [0.2, 0.25) is 0 Å². The van der Waals surface area contributed by atoms with Gasteiger partial charge in [0.2, 0.25) is 0 Å². The smallest absolute Gasteiger partial charge is 0.310 e. The van der Waals surface area contributed by atoms with Gasteiger partial charge in [-0.25, -0.2) is 0 Å². The Morgan fingerprint density at radius 2 is 1.96 bits per heavy atom. The van der Waals surface area contributed by atoms with Crippen molar-refractivity contribution >= 4 is 17.6 Å². The Labute approximate surface area is 153 Å². The molecule has 0 saturated carbocycles. The lowest BCUT2D eigenvalue weighted by Gasteiger charge is -2.25. The second kappa shape index (κ2) is 10.5. The maximum absolute atomic E-state index is 12.8. The molecule has 1 unspecified atom stereocenters. The van der Waals surface area contributed by atoms with Crippen LogP contribution in [0.5, 0.6) is 0 Å². The second-order valence-corrected chi connectivity index (χ2v) is 6.26. The lowest BCUT2D eigenvalue weighted by molar-refractivity contribution is -0.384. The molecule has 0 N–H and O–H groups in total. The molecule has 0 bridgehead atoms. The lowest BCUT2D eigenvalue weighted by Crippen LogP contribution is -2.38. The molecule has 1 amide bonds. The van der Waals surface area contributed by atoms with Crippen molar-refractivity contribution in [2.75, 3.05) is 26.8 Å². The highest BCUT2D eigenvalue weighted by atomic mass is 16.6. The van der Waals surface area contributed by atoms with Crippen molar-refractivity contribution in [3.05, 3.63) is 39.9 Å². The van der Waals surface area contributed by atoms with Gasteiger partial charge in [-0.2, -0.15) is 0 Å². The fraction of sp³-hybridized carbons (Fsp3) is 0.556. The number of nitro benzene ring substituents is 1. The summed E-state index contributed by atoms with van der Waals surface area (Å²) in [5.74, 6) is -1.29. The largest absolute Gasteiger partial charge is 0.469 e. The van der Waals surface area contributed by atoms with E-state index in [1.165, 1.54) is 36.3 Å². The Balaban J connectivity index is 2.90. The van der Waals surface area contributed by atoms with E-state index in [4.69, 9.17) is 9.47 Å². The van der Waals surface area contributed by atoms with E-state index in [0.29, 0.717) is 19.6 Å². The first kappa shape index (κ1) is 21.6. The molecular formula is C18H26N2O6. The number of methoxy groups -OCH3 is 1. The summed E-state index contributed by atoms with van der Waals surface area (Å²) in [6, 6.07) is 5.56. The molecule has 0 spiro atoms. The predicted molar refractivity (Wildman–Crippen MR) is 95.9 cm³/mol. The van der Waals surface area contributed by atoms with E-state index in [2.05, 4.69) is 0 Å². The summed E-state index contributed by atoms with van der Waals surface area (Å²) in [5, 5.41) is 10.9. The number of non-ortho nitro benzene ring substituents is 1. The molecule has 26 heavy (non-hydrogen) atoms. The van der Waals surface area contributed by atoms with Crippen molar-refractivity contribution in [2.24, 2.45) is 5.92 Å². The first-order valence-electron chi connectivity index (χ1n) is 8.49. The maximum Gasteiger partial charge on any atom is 0.310 e. The Kier molecular flexibility index (Phi) is 8.71. The number of carbonyl (C=O) groups is 2. The van der Waals surface area contributed by atoms with Crippen molar-refractivity contribution in [1.82, 2.24) is 4.90 Å². The van der Waals surface area contributed by atoms with Crippen LogP contribution in [0.15, 0.2) is 24.3 Å². The number of esters is 1. The number of ether oxygens (including phenoxy) is 2. The summed E-state index contributed by atoms with van der Waals surface area (Å²) in [5.41, 5.74) is 0.0565. The van der Waals surface area contributed by atoms with E-state index in [1.54, 1.807) is 6.92 Å². The van der Waals surface area contributed by atoms with Gasteiger partial charge >= 0.3 is 5.97 Å². The molecule has 1 aromatic carbocycles. The Bertz CT molecular complexity index is 632. The average Bonchev–Trinajstić information content (AvgIpc) is 2.62. The van der Waals surface area contributed by atoms with Crippen molar-refractivity contribution in [3.8, 4) is 0 Å². The summed E-state index contributed by atoms with van der Waals surface area (Å²) in [4.78, 5) is 36.4. The van der Waals surface area contributed by atoms with Gasteiger partial charge in [0.1, 0.15) is 0 Å². The summed E-state index contributed by atoms with van der Waals surface area (Å²) in [6.07, 6.45) is 0.678. The van der Waals surface area contributed by atoms with Crippen molar-refractivity contribution < 1.29 is 24.0 Å². The van der Waals surface area contributed by atoms with Crippen LogP contribution in [0.1, 0.15) is 37.6 Å². The Hall–Kier alpha value is -2.48. The van der Waals surface area contributed by atoms with Crippen LogP contribution in [0, 0.1) is 16.0 Å². The van der Waals surface area contributed by atoms with Crippen LogP contribution in [0.25, 0.3) is 0 Å². The quantitative estimate of drug-likeness (QED) is 0.273. The highest BCUT2D eigenvalue weighted by Gasteiger charge is 2.23. The Morgan fingerprint density at radius 1 is 1.27 bits per heavy atom. The van der Waals surface area contributed by atoms with Crippen LogP contribution < -0.4 is 0 Å². The SMILES string of the molecule is COC(=O)C(C)CN(CCCOC(C)C)C(=O)c1cccc([N+](=O)[O-])c1. The zero-order valence-corrected chi connectivity index (χ0v) is 15.6. The predicted octanol–water partition coefficient (Wildman–Crippen LogP) is 2.66. The van der Waals surface area contributed by atoms with Gasteiger partial charge < -0.3 is 14.4 Å². The number of nitro groups is 1. The molecule has 1 aromatic rings. The summed E-state index contributed by atoms with van der Waals surface area (Å²) < 4.78 is 10.2. The number of benzene rings is 1. The van der Waals surface area contributed by atoms with Gasteiger partial charge in [-0.05, 0) is 26.3 Å². The van der Waals surface area contributed by atoms with E-state index < -0.39 is 16.8 Å². The van der Waals surface area contributed by atoms with Gasteiger partial charge in [0.15, 0.2) is 0 Å². The molecule has 144 valence electrons. The van der Waals surface area contributed by atoms with E-state index in [-0.39, 0.29) is 29.8 Å². The molecule has 0 saturated heterocycles. The van der Waals surface area contributed by atoms with Gasteiger partial charge in [-0.3, -0.25) is 19.7 Å². The van der Waals surface area contributed by atoms with Gasteiger partial charge in [-0.1, -0.05) is 13.0 Å². The fourth-order valence-corrected chi connectivity index (χ4v) is 2.39. The van der Waals surface area contributed by atoms with Crippen molar-refractivity contribution in [1.29, 1.82) is 0 Å². The van der Waals surface area contributed by atoms with Crippen LogP contribution in [-0.4, -0.2) is 54.6 Å². The summed E-state index contributed by atoms with van der Waals surface area (Å²) in [6.45, 7) is 6.52. The highest BCUT2D eigenvalue weighted by molar-refractivity contribution is 5.95. The van der Waals surface area contributed by atoms with Crippen LogP contribution in [0.3, 0.4) is 0 Å². The number of hydrogen-bond acceptors (Lipinski definition) is 6. The second-order valence-electron chi connectivity index (χ2n) is 6.26. The number of nitrogens with zero attached hydrogens (tertiary/aromatic N) is 2. The van der Waals surface area contributed by atoms with Gasteiger partial charge in [-0.15, -0.1) is 0 Å². The molecule has 0 fully saturated rings. The molecule has 8 nitrogen and oxygen atoms in total. The third kappa shape index (κ3) is 6.79. The molecule has 0 aromatic heterocycles. The number of hydrogen-bond donors (Lipinski definition) is 0. The average molecular weight is 366 g/mol. The molecule has 0 aliphatic rings. The Morgan fingerprint density at radius 3 is 2.54 bits per heavy atom. The van der Waals surface area contributed by atoms with Crippen LogP contribution >= 0.6 is 0 Å². The minimum absolute atomic E-state index is 0.0879. The molecule has 0 aliphatic carbocycles. The van der Waals surface area contributed by atoms with Gasteiger partial charge in [0, 0.05) is 37.4 Å². The van der Waals surface area contributed by atoms with E-state index in [1.807, 2.05) is 13.8 Å². The third-order valence-corrected chi connectivity index (χ3v) is 3.71. The van der Waals surface area contributed by atoms with Crippen molar-refractivity contribution in [2.45, 2.75) is 33.3 Å². The number of rotatable bonds is 10. The standard InChI is InChI=1S/C18H26N2O6/c1-13(2)26-10-6-9-19(12-14(3)18(22)25-4)17(21)15-7-5-8-16(11-15)20(23)24/h5,7-8,11,13-14H,6,9-10,12H2,1-4H3. The number of carbonyl (C=O) groups excluding carboxylic acids is 2. The third-order valence-electron chi connectivity index (χ3n) is 3.71. The summed E-state index contributed by atoms with van der Waals surface area (Å²) in [7, 11) is 1.29. The molecule has 1 atom stereocenters. The van der Waals surface area contributed by atoms with Crippen LogP contribution in [-0.2, 0) is 14.3 Å². The maximum atomic E-state index is 12.8. The normalized spacial score (nSPS) is 11.9. The molecule has 0 radical (unpaired) electrons.